The van der Waals surface area contributed by atoms with E-state index in [0.717, 1.165) is 11.3 Å². The van der Waals surface area contributed by atoms with Gasteiger partial charge in [0.05, 0.1) is 5.56 Å². The van der Waals surface area contributed by atoms with Gasteiger partial charge in [0, 0.05) is 24.0 Å². The van der Waals surface area contributed by atoms with Crippen molar-refractivity contribution in [2.75, 3.05) is 22.3 Å². The van der Waals surface area contributed by atoms with Gasteiger partial charge in [-0.2, -0.15) is 0 Å². The van der Waals surface area contributed by atoms with Crippen molar-refractivity contribution in [2.24, 2.45) is 0 Å². The standard InChI is InChI=1S/C23H19N3O4/c1-14(27)24-16-7-9-17(10-8-16)26-22(15-6-11-20-21(12-15)30-13-29-20)25-19-5-3-2-4-18(19)23(26)28/h2-12,22,25H,13H2,1H3,(H,24,27). The van der Waals surface area contributed by atoms with Gasteiger partial charge >= 0.3 is 0 Å². The molecule has 7 nitrogen and oxygen atoms in total. The second-order valence-corrected chi connectivity index (χ2v) is 7.11. The van der Waals surface area contributed by atoms with Crippen molar-refractivity contribution in [1.82, 2.24) is 0 Å². The van der Waals surface area contributed by atoms with E-state index in [4.69, 9.17) is 9.47 Å². The minimum atomic E-state index is -0.437. The largest absolute Gasteiger partial charge is 0.454 e. The highest BCUT2D eigenvalue weighted by Gasteiger charge is 2.34. The summed E-state index contributed by atoms with van der Waals surface area (Å²) in [6.45, 7) is 1.64. The van der Waals surface area contributed by atoms with E-state index in [0.29, 0.717) is 28.4 Å². The summed E-state index contributed by atoms with van der Waals surface area (Å²) in [7, 11) is 0. The molecule has 0 aliphatic carbocycles. The van der Waals surface area contributed by atoms with Crippen LogP contribution in [-0.2, 0) is 4.79 Å². The van der Waals surface area contributed by atoms with Crippen LogP contribution in [0.1, 0.15) is 29.0 Å². The average molecular weight is 401 g/mol. The first-order chi connectivity index (χ1) is 14.6. The first-order valence-electron chi connectivity index (χ1n) is 9.56. The molecule has 2 heterocycles. The number of nitrogens with one attached hydrogen (secondary N) is 2. The Morgan fingerprint density at radius 3 is 2.60 bits per heavy atom. The molecular weight excluding hydrogens is 382 g/mol. The maximum absolute atomic E-state index is 13.5. The number of hydrogen-bond donors (Lipinski definition) is 2. The van der Waals surface area contributed by atoms with E-state index in [1.54, 1.807) is 23.1 Å². The second kappa shape index (κ2) is 7.11. The molecule has 2 aliphatic heterocycles. The molecule has 2 N–H and O–H groups in total. The van der Waals surface area contributed by atoms with E-state index >= 15 is 0 Å². The number of carbonyl (C=O) groups excluding carboxylic acids is 2. The number of para-hydroxylation sites is 1. The molecule has 2 aliphatic rings. The lowest BCUT2D eigenvalue weighted by Gasteiger charge is -2.38. The third kappa shape index (κ3) is 3.10. The Balaban J connectivity index is 1.58. The van der Waals surface area contributed by atoms with E-state index in [9.17, 15) is 9.59 Å². The fraction of sp³-hybridized carbons (Fsp3) is 0.130. The highest BCUT2D eigenvalue weighted by atomic mass is 16.7. The number of amides is 2. The zero-order valence-electron chi connectivity index (χ0n) is 16.2. The number of fused-ring (bicyclic) bond motifs is 2. The maximum Gasteiger partial charge on any atom is 0.262 e. The van der Waals surface area contributed by atoms with E-state index < -0.39 is 6.17 Å². The van der Waals surface area contributed by atoms with Gasteiger partial charge in [-0.3, -0.25) is 14.5 Å². The van der Waals surface area contributed by atoms with Gasteiger partial charge in [0.1, 0.15) is 6.17 Å². The van der Waals surface area contributed by atoms with Gasteiger partial charge in [-0.15, -0.1) is 0 Å². The zero-order valence-corrected chi connectivity index (χ0v) is 16.2. The monoisotopic (exact) mass is 401 g/mol. The van der Waals surface area contributed by atoms with Crippen molar-refractivity contribution in [1.29, 1.82) is 0 Å². The summed E-state index contributed by atoms with van der Waals surface area (Å²) in [5.74, 6) is 1.08. The molecule has 3 aromatic rings. The summed E-state index contributed by atoms with van der Waals surface area (Å²) in [6, 6.07) is 20.3. The Morgan fingerprint density at radius 1 is 1.03 bits per heavy atom. The highest BCUT2D eigenvalue weighted by Crippen LogP contribution is 2.40. The average Bonchev–Trinajstić information content (AvgIpc) is 3.22. The van der Waals surface area contributed by atoms with E-state index in [1.807, 2.05) is 48.5 Å². The first-order valence-corrected chi connectivity index (χ1v) is 9.56. The van der Waals surface area contributed by atoms with E-state index in [2.05, 4.69) is 10.6 Å². The van der Waals surface area contributed by atoms with Crippen molar-refractivity contribution < 1.29 is 19.1 Å². The zero-order chi connectivity index (χ0) is 20.7. The molecule has 5 rings (SSSR count). The minimum Gasteiger partial charge on any atom is -0.454 e. The van der Waals surface area contributed by atoms with Crippen LogP contribution in [0.2, 0.25) is 0 Å². The number of anilines is 3. The Hall–Kier alpha value is -4.00. The number of ether oxygens (including phenoxy) is 2. The van der Waals surface area contributed by atoms with Crippen LogP contribution in [0.25, 0.3) is 0 Å². The minimum absolute atomic E-state index is 0.112. The fourth-order valence-electron chi connectivity index (χ4n) is 3.74. The molecule has 7 heteroatoms. The molecule has 1 atom stereocenters. The van der Waals surface area contributed by atoms with Crippen LogP contribution in [-0.4, -0.2) is 18.6 Å². The summed E-state index contributed by atoms with van der Waals surface area (Å²) in [4.78, 5) is 26.5. The molecule has 0 aromatic heterocycles. The van der Waals surface area contributed by atoms with Crippen molar-refractivity contribution in [3.63, 3.8) is 0 Å². The molecule has 0 saturated carbocycles. The van der Waals surface area contributed by atoms with Crippen molar-refractivity contribution in [2.45, 2.75) is 13.1 Å². The molecule has 150 valence electrons. The summed E-state index contributed by atoms with van der Waals surface area (Å²) in [6.07, 6.45) is -0.437. The lowest BCUT2D eigenvalue weighted by atomic mass is 10.0. The Kier molecular flexibility index (Phi) is 4.28. The molecule has 30 heavy (non-hydrogen) atoms. The maximum atomic E-state index is 13.5. The van der Waals surface area contributed by atoms with E-state index in [1.165, 1.54) is 6.92 Å². The molecule has 0 fully saturated rings. The number of nitrogens with zero attached hydrogens (tertiary/aromatic N) is 1. The van der Waals surface area contributed by atoms with Crippen LogP contribution in [0, 0.1) is 0 Å². The van der Waals surface area contributed by atoms with Gasteiger partial charge in [0.15, 0.2) is 11.5 Å². The Morgan fingerprint density at radius 2 is 1.80 bits per heavy atom. The predicted molar refractivity (Wildman–Crippen MR) is 113 cm³/mol. The van der Waals surface area contributed by atoms with Crippen molar-refractivity contribution in [3.8, 4) is 11.5 Å². The lowest BCUT2D eigenvalue weighted by molar-refractivity contribution is -0.114. The van der Waals surface area contributed by atoms with Gasteiger partial charge in [-0.05, 0) is 54.1 Å². The molecule has 0 radical (unpaired) electrons. The molecule has 2 amide bonds. The number of benzene rings is 3. The van der Waals surface area contributed by atoms with Crippen LogP contribution in [0.3, 0.4) is 0 Å². The summed E-state index contributed by atoms with van der Waals surface area (Å²) >= 11 is 0. The number of hydrogen-bond acceptors (Lipinski definition) is 5. The molecule has 0 bridgehead atoms. The van der Waals surface area contributed by atoms with Crippen LogP contribution < -0.4 is 25.0 Å². The second-order valence-electron chi connectivity index (χ2n) is 7.11. The molecule has 1 unspecified atom stereocenters. The lowest BCUT2D eigenvalue weighted by Crippen LogP contribution is -2.43. The van der Waals surface area contributed by atoms with Crippen molar-refractivity contribution >= 4 is 28.9 Å². The van der Waals surface area contributed by atoms with Gasteiger partial charge in [0.2, 0.25) is 12.7 Å². The molecular formula is C23H19N3O4. The van der Waals surface area contributed by atoms with Crippen LogP contribution in [0.5, 0.6) is 11.5 Å². The smallest absolute Gasteiger partial charge is 0.262 e. The van der Waals surface area contributed by atoms with Gasteiger partial charge in [-0.1, -0.05) is 18.2 Å². The van der Waals surface area contributed by atoms with Gasteiger partial charge in [0.25, 0.3) is 5.91 Å². The number of rotatable bonds is 3. The Bertz CT molecular complexity index is 1140. The molecule has 0 spiro atoms. The molecule has 3 aromatic carbocycles. The SMILES string of the molecule is CC(=O)Nc1ccc(N2C(=O)c3ccccc3NC2c2ccc3c(c2)OCO3)cc1. The fourth-order valence-corrected chi connectivity index (χ4v) is 3.74. The summed E-state index contributed by atoms with van der Waals surface area (Å²) in [5.41, 5.74) is 3.62. The third-order valence-corrected chi connectivity index (χ3v) is 5.10. The normalized spacial score (nSPS) is 16.6. The van der Waals surface area contributed by atoms with Gasteiger partial charge < -0.3 is 20.1 Å². The topological polar surface area (TPSA) is 79.9 Å². The highest BCUT2D eigenvalue weighted by molar-refractivity contribution is 6.12. The summed E-state index contributed by atoms with van der Waals surface area (Å²) < 4.78 is 10.9. The quantitative estimate of drug-likeness (QED) is 0.689. The van der Waals surface area contributed by atoms with Crippen LogP contribution in [0.4, 0.5) is 17.1 Å². The van der Waals surface area contributed by atoms with Gasteiger partial charge in [-0.25, -0.2) is 0 Å². The third-order valence-electron chi connectivity index (χ3n) is 5.10. The first kappa shape index (κ1) is 18.1. The van der Waals surface area contributed by atoms with E-state index in [-0.39, 0.29) is 18.6 Å². The summed E-state index contributed by atoms with van der Waals surface area (Å²) in [5, 5.41) is 6.21. The number of carbonyl (C=O) groups is 2. The predicted octanol–water partition coefficient (Wildman–Crippen LogP) is 4.14. The Labute approximate surface area is 173 Å². The molecule has 0 saturated heterocycles. The van der Waals surface area contributed by atoms with Crippen molar-refractivity contribution in [3.05, 3.63) is 77.9 Å². The van der Waals surface area contributed by atoms with Crippen LogP contribution >= 0.6 is 0 Å². The van der Waals surface area contributed by atoms with Crippen LogP contribution in [0.15, 0.2) is 66.7 Å².